The minimum atomic E-state index is 0.635. The molecular formula is C35H24N2OS. The van der Waals surface area contributed by atoms with Crippen LogP contribution < -0.4 is 4.74 Å². The van der Waals surface area contributed by atoms with Gasteiger partial charge in [-0.1, -0.05) is 84.9 Å². The maximum Gasteiger partial charge on any atom is 0.179 e. The lowest BCUT2D eigenvalue weighted by molar-refractivity contribution is 0.470. The molecule has 0 atom stereocenters. The quantitative estimate of drug-likeness (QED) is 0.213. The van der Waals surface area contributed by atoms with Gasteiger partial charge < -0.3 is 4.74 Å². The molecule has 6 aromatic rings. The molecule has 4 heteroatoms. The molecule has 7 rings (SSSR count). The van der Waals surface area contributed by atoms with Crippen molar-refractivity contribution in [2.45, 2.75) is 0 Å². The van der Waals surface area contributed by atoms with Gasteiger partial charge in [0.2, 0.25) is 0 Å². The van der Waals surface area contributed by atoms with E-state index in [0.717, 1.165) is 33.7 Å². The van der Waals surface area contributed by atoms with Crippen molar-refractivity contribution in [1.82, 2.24) is 0 Å². The van der Waals surface area contributed by atoms with Crippen molar-refractivity contribution in [3.05, 3.63) is 132 Å². The average Bonchev–Trinajstić information content (AvgIpc) is 3.56. The predicted molar refractivity (Wildman–Crippen MR) is 166 cm³/mol. The number of allylic oxidation sites excluding steroid dienone is 1. The Kier molecular flexibility index (Phi) is 5.68. The number of hydrogen-bond acceptors (Lipinski definition) is 4. The molecule has 1 aromatic heterocycles. The SMILES string of the molecule is C=N/C(=C1/Oc2ccccc2/C1=N/C)c1cccc(-c2cccc(-c3cccc4c3sc3ccccc34)c2)c1. The Bertz CT molecular complexity index is 1980. The molecule has 5 aromatic carbocycles. The van der Waals surface area contributed by atoms with Crippen LogP contribution in [-0.2, 0) is 0 Å². The van der Waals surface area contributed by atoms with Gasteiger partial charge in [-0.25, -0.2) is 0 Å². The molecule has 39 heavy (non-hydrogen) atoms. The molecule has 1 aliphatic heterocycles. The fourth-order valence-corrected chi connectivity index (χ4v) is 6.63. The van der Waals surface area contributed by atoms with E-state index < -0.39 is 0 Å². The van der Waals surface area contributed by atoms with Gasteiger partial charge in [-0.05, 0) is 59.3 Å². The van der Waals surface area contributed by atoms with Gasteiger partial charge in [0, 0.05) is 38.3 Å². The number of rotatable bonds is 4. The highest BCUT2D eigenvalue weighted by Crippen LogP contribution is 2.41. The molecule has 0 fully saturated rings. The molecule has 186 valence electrons. The van der Waals surface area contributed by atoms with Gasteiger partial charge in [-0.15, -0.1) is 11.3 Å². The first-order valence-corrected chi connectivity index (χ1v) is 13.6. The third kappa shape index (κ3) is 3.89. The van der Waals surface area contributed by atoms with Crippen LogP contribution in [0.5, 0.6) is 5.75 Å². The summed E-state index contributed by atoms with van der Waals surface area (Å²) in [5.74, 6) is 1.42. The molecular weight excluding hydrogens is 496 g/mol. The number of hydrogen-bond donors (Lipinski definition) is 0. The van der Waals surface area contributed by atoms with Gasteiger partial charge in [0.25, 0.3) is 0 Å². The van der Waals surface area contributed by atoms with Crippen molar-refractivity contribution >= 4 is 49.6 Å². The maximum atomic E-state index is 6.22. The van der Waals surface area contributed by atoms with E-state index in [2.05, 4.69) is 102 Å². The first kappa shape index (κ1) is 23.3. The van der Waals surface area contributed by atoms with Crippen LogP contribution >= 0.6 is 11.3 Å². The minimum absolute atomic E-state index is 0.635. The van der Waals surface area contributed by atoms with E-state index in [-0.39, 0.29) is 0 Å². The van der Waals surface area contributed by atoms with Crippen molar-refractivity contribution in [3.8, 4) is 28.0 Å². The molecule has 0 N–H and O–H groups in total. The highest BCUT2D eigenvalue weighted by molar-refractivity contribution is 7.26. The highest BCUT2D eigenvalue weighted by atomic mass is 32.1. The van der Waals surface area contributed by atoms with Gasteiger partial charge in [0.05, 0.1) is 0 Å². The normalized spacial score (nSPS) is 14.9. The Labute approximate surface area is 231 Å². The zero-order valence-corrected chi connectivity index (χ0v) is 22.2. The number of thiophene rings is 1. The molecule has 0 radical (unpaired) electrons. The highest BCUT2D eigenvalue weighted by Gasteiger charge is 2.28. The largest absolute Gasteiger partial charge is 0.452 e. The third-order valence-electron chi connectivity index (χ3n) is 7.21. The van der Waals surface area contributed by atoms with Gasteiger partial charge in [-0.3, -0.25) is 9.98 Å². The van der Waals surface area contributed by atoms with Crippen molar-refractivity contribution in [1.29, 1.82) is 0 Å². The summed E-state index contributed by atoms with van der Waals surface area (Å²) in [5.41, 5.74) is 8.07. The fourth-order valence-electron chi connectivity index (χ4n) is 5.40. The number of ether oxygens (including phenoxy) is 1. The van der Waals surface area contributed by atoms with Crippen LogP contribution in [0.4, 0.5) is 0 Å². The Morgan fingerprint density at radius 3 is 2.26 bits per heavy atom. The zero-order chi connectivity index (χ0) is 26.3. The zero-order valence-electron chi connectivity index (χ0n) is 21.4. The van der Waals surface area contributed by atoms with E-state index >= 15 is 0 Å². The fraction of sp³-hybridized carbons (Fsp3) is 0.0286. The Morgan fingerprint density at radius 1 is 0.692 bits per heavy atom. The van der Waals surface area contributed by atoms with Gasteiger partial charge in [0.1, 0.15) is 17.2 Å². The summed E-state index contributed by atoms with van der Waals surface area (Å²) in [5, 5.41) is 2.62. The van der Waals surface area contributed by atoms with Crippen LogP contribution in [0.1, 0.15) is 11.1 Å². The summed E-state index contributed by atoms with van der Waals surface area (Å²) in [6.45, 7) is 3.87. The Hall–Kier alpha value is -4.80. The molecule has 0 saturated heterocycles. The molecule has 0 spiro atoms. The van der Waals surface area contributed by atoms with Crippen LogP contribution in [0.2, 0.25) is 0 Å². The topological polar surface area (TPSA) is 34.0 Å². The van der Waals surface area contributed by atoms with Crippen molar-refractivity contribution in [2.75, 3.05) is 7.05 Å². The van der Waals surface area contributed by atoms with E-state index in [0.29, 0.717) is 11.5 Å². The molecule has 0 unspecified atom stereocenters. The standard InChI is InChI=1S/C35H24N2OS/c1-36-32(34-33(37-2)29-15-3-5-18-30(29)38-34)25-13-8-11-23(21-25)22-10-7-12-24(20-22)26-16-9-17-28-27-14-4-6-19-31(27)39-35(26)28/h3-21H,1H2,2H3/b34-32+,37-33-. The average molecular weight is 521 g/mol. The van der Waals surface area contributed by atoms with Crippen molar-refractivity contribution in [2.24, 2.45) is 9.98 Å². The van der Waals surface area contributed by atoms with Crippen LogP contribution in [0, 0.1) is 0 Å². The van der Waals surface area contributed by atoms with Gasteiger partial charge in [-0.2, -0.15) is 0 Å². The molecule has 0 bridgehead atoms. The lowest BCUT2D eigenvalue weighted by Crippen LogP contribution is -2.04. The number of aliphatic imine (C=N–C) groups is 2. The summed E-state index contributed by atoms with van der Waals surface area (Å²) in [6.07, 6.45) is 0. The molecule has 0 aliphatic carbocycles. The van der Waals surface area contributed by atoms with Crippen LogP contribution in [0.15, 0.2) is 131 Å². The molecule has 0 saturated carbocycles. The first-order valence-electron chi connectivity index (χ1n) is 12.8. The number of benzene rings is 5. The smallest absolute Gasteiger partial charge is 0.179 e. The predicted octanol–water partition coefficient (Wildman–Crippen LogP) is 9.27. The lowest BCUT2D eigenvalue weighted by atomic mass is 9.96. The lowest BCUT2D eigenvalue weighted by Gasteiger charge is -2.11. The summed E-state index contributed by atoms with van der Waals surface area (Å²) in [7, 11) is 1.78. The Morgan fingerprint density at radius 2 is 1.38 bits per heavy atom. The molecule has 2 heterocycles. The molecule has 0 amide bonds. The maximum absolute atomic E-state index is 6.22. The van der Waals surface area contributed by atoms with Crippen LogP contribution in [-0.4, -0.2) is 19.5 Å². The van der Waals surface area contributed by atoms with E-state index in [1.54, 1.807) is 7.05 Å². The second kappa shape index (κ2) is 9.50. The minimum Gasteiger partial charge on any atom is -0.452 e. The summed E-state index contributed by atoms with van der Waals surface area (Å²) in [6, 6.07) is 40.3. The van der Waals surface area contributed by atoms with E-state index in [9.17, 15) is 0 Å². The number of nitrogens with zero attached hydrogens (tertiary/aromatic N) is 2. The van der Waals surface area contributed by atoms with E-state index in [1.165, 1.54) is 31.3 Å². The van der Waals surface area contributed by atoms with Crippen LogP contribution in [0.25, 0.3) is 48.1 Å². The van der Waals surface area contributed by atoms with Gasteiger partial charge >= 0.3 is 0 Å². The monoisotopic (exact) mass is 520 g/mol. The van der Waals surface area contributed by atoms with Gasteiger partial charge in [0.15, 0.2) is 5.76 Å². The van der Waals surface area contributed by atoms with Crippen molar-refractivity contribution in [3.63, 3.8) is 0 Å². The molecule has 1 aliphatic rings. The van der Waals surface area contributed by atoms with Crippen molar-refractivity contribution < 1.29 is 4.74 Å². The number of para-hydroxylation sites is 1. The summed E-state index contributed by atoms with van der Waals surface area (Å²) >= 11 is 1.85. The third-order valence-corrected chi connectivity index (χ3v) is 8.43. The van der Waals surface area contributed by atoms with Crippen LogP contribution in [0.3, 0.4) is 0 Å². The van der Waals surface area contributed by atoms with E-state index in [1.807, 2.05) is 41.7 Å². The first-order chi connectivity index (χ1) is 19.2. The second-order valence-electron chi connectivity index (χ2n) is 9.45. The number of fused-ring (bicyclic) bond motifs is 4. The van der Waals surface area contributed by atoms with E-state index in [4.69, 9.17) is 4.74 Å². The second-order valence-corrected chi connectivity index (χ2v) is 10.5. The summed E-state index contributed by atoms with van der Waals surface area (Å²) in [4.78, 5) is 8.92. The molecule has 3 nitrogen and oxygen atoms in total. The summed E-state index contributed by atoms with van der Waals surface area (Å²) < 4.78 is 8.85. The Balaban J connectivity index is 1.32.